The normalized spacial score (nSPS) is 10.3. The summed E-state index contributed by atoms with van der Waals surface area (Å²) in [5.41, 5.74) is 2.45. The predicted molar refractivity (Wildman–Crippen MR) is 61.2 cm³/mol. The summed E-state index contributed by atoms with van der Waals surface area (Å²) in [6, 6.07) is 6.21. The highest BCUT2D eigenvalue weighted by atomic mass is 16.5. The predicted octanol–water partition coefficient (Wildman–Crippen LogP) is 1.34. The lowest BCUT2D eigenvalue weighted by molar-refractivity contribution is 0.291. The molecule has 0 aromatic heterocycles. The summed E-state index contributed by atoms with van der Waals surface area (Å²) >= 11 is 0. The van der Waals surface area contributed by atoms with Crippen LogP contribution in [0.15, 0.2) is 18.2 Å². The van der Waals surface area contributed by atoms with Crippen LogP contribution < -0.4 is 10.1 Å². The monoisotopic (exact) mass is 209 g/mol. The molecule has 0 atom stereocenters. The molecule has 2 N–H and O–H groups in total. The second-order valence-corrected chi connectivity index (χ2v) is 3.40. The van der Waals surface area contributed by atoms with E-state index in [0.717, 1.165) is 24.3 Å². The first-order chi connectivity index (χ1) is 7.31. The number of aliphatic hydroxyl groups excluding tert-OH is 1. The van der Waals surface area contributed by atoms with E-state index in [1.807, 2.05) is 6.07 Å². The van der Waals surface area contributed by atoms with Crippen LogP contribution >= 0.6 is 0 Å². The molecule has 0 radical (unpaired) electrons. The third kappa shape index (κ3) is 3.53. The molecule has 0 fully saturated rings. The van der Waals surface area contributed by atoms with Gasteiger partial charge in [-0.25, -0.2) is 0 Å². The molecule has 0 saturated carbocycles. The van der Waals surface area contributed by atoms with Crippen molar-refractivity contribution < 1.29 is 9.84 Å². The minimum absolute atomic E-state index is 0.162. The van der Waals surface area contributed by atoms with E-state index in [4.69, 9.17) is 9.84 Å². The van der Waals surface area contributed by atoms with Gasteiger partial charge in [0.1, 0.15) is 5.75 Å². The van der Waals surface area contributed by atoms with Crippen LogP contribution in [0, 0.1) is 0 Å². The molecular formula is C12H19NO2. The molecular weight excluding hydrogens is 190 g/mol. The van der Waals surface area contributed by atoms with Crippen molar-refractivity contribution in [3.8, 4) is 5.75 Å². The molecule has 0 spiro atoms. The fourth-order valence-corrected chi connectivity index (χ4v) is 1.49. The van der Waals surface area contributed by atoms with Crippen molar-refractivity contribution in [2.24, 2.45) is 0 Å². The van der Waals surface area contributed by atoms with Gasteiger partial charge in [0, 0.05) is 18.7 Å². The summed E-state index contributed by atoms with van der Waals surface area (Å²) < 4.78 is 5.27. The van der Waals surface area contributed by atoms with E-state index in [1.165, 1.54) is 5.56 Å². The molecule has 0 unspecified atom stereocenters. The highest BCUT2D eigenvalue weighted by Gasteiger charge is 2.02. The molecule has 84 valence electrons. The van der Waals surface area contributed by atoms with E-state index in [2.05, 4.69) is 24.4 Å². The molecule has 0 bridgehead atoms. The molecule has 0 amide bonds. The van der Waals surface area contributed by atoms with Gasteiger partial charge in [-0.15, -0.1) is 0 Å². The Morgan fingerprint density at radius 2 is 2.20 bits per heavy atom. The lowest BCUT2D eigenvalue weighted by Crippen LogP contribution is -2.18. The van der Waals surface area contributed by atoms with Gasteiger partial charge in [0.15, 0.2) is 0 Å². The number of ether oxygens (including phenoxy) is 1. The zero-order chi connectivity index (χ0) is 11.1. The second-order valence-electron chi connectivity index (χ2n) is 3.40. The van der Waals surface area contributed by atoms with Crippen molar-refractivity contribution in [3.05, 3.63) is 29.3 Å². The average Bonchev–Trinajstić information content (AvgIpc) is 2.29. The molecule has 0 saturated heterocycles. The number of hydrogen-bond acceptors (Lipinski definition) is 3. The van der Waals surface area contributed by atoms with Crippen molar-refractivity contribution in [2.75, 3.05) is 20.3 Å². The highest BCUT2D eigenvalue weighted by Crippen LogP contribution is 2.19. The number of aliphatic hydroxyl groups is 1. The Bertz CT molecular complexity index is 300. The van der Waals surface area contributed by atoms with Crippen LogP contribution in [0.3, 0.4) is 0 Å². The first kappa shape index (κ1) is 12.0. The third-order valence-corrected chi connectivity index (χ3v) is 2.36. The van der Waals surface area contributed by atoms with Gasteiger partial charge >= 0.3 is 0 Å². The van der Waals surface area contributed by atoms with Gasteiger partial charge in [-0.3, -0.25) is 0 Å². The molecule has 0 aliphatic carbocycles. The molecule has 3 heteroatoms. The maximum Gasteiger partial charge on any atom is 0.123 e. The van der Waals surface area contributed by atoms with Gasteiger partial charge in [-0.2, -0.15) is 0 Å². The Morgan fingerprint density at radius 3 is 2.80 bits per heavy atom. The van der Waals surface area contributed by atoms with Crippen molar-refractivity contribution in [1.29, 1.82) is 0 Å². The highest BCUT2D eigenvalue weighted by molar-refractivity contribution is 5.37. The molecule has 3 nitrogen and oxygen atoms in total. The molecule has 15 heavy (non-hydrogen) atoms. The standard InChI is InChI=1S/C12H19NO2/c1-3-10-4-5-12(15-2)11(8-10)9-13-6-7-14/h4-5,8,13-14H,3,6-7,9H2,1-2H3. The summed E-state index contributed by atoms with van der Waals surface area (Å²) in [4.78, 5) is 0. The van der Waals surface area contributed by atoms with Gasteiger partial charge < -0.3 is 15.2 Å². The van der Waals surface area contributed by atoms with Gasteiger partial charge in [-0.05, 0) is 18.1 Å². The third-order valence-electron chi connectivity index (χ3n) is 2.36. The fraction of sp³-hybridized carbons (Fsp3) is 0.500. The number of aryl methyl sites for hydroxylation is 1. The fourth-order valence-electron chi connectivity index (χ4n) is 1.49. The smallest absolute Gasteiger partial charge is 0.123 e. The van der Waals surface area contributed by atoms with Crippen LogP contribution in [-0.4, -0.2) is 25.4 Å². The molecule has 1 aromatic carbocycles. The van der Waals surface area contributed by atoms with Gasteiger partial charge in [-0.1, -0.05) is 19.1 Å². The van der Waals surface area contributed by atoms with Crippen molar-refractivity contribution in [3.63, 3.8) is 0 Å². The number of hydrogen-bond donors (Lipinski definition) is 2. The number of benzene rings is 1. The first-order valence-corrected chi connectivity index (χ1v) is 5.29. The summed E-state index contributed by atoms with van der Waals surface area (Å²) in [5, 5.41) is 11.8. The van der Waals surface area contributed by atoms with E-state index in [1.54, 1.807) is 7.11 Å². The van der Waals surface area contributed by atoms with E-state index in [9.17, 15) is 0 Å². The van der Waals surface area contributed by atoms with Gasteiger partial charge in [0.05, 0.1) is 13.7 Å². The zero-order valence-corrected chi connectivity index (χ0v) is 9.42. The molecule has 0 aliphatic rings. The second kappa shape index (κ2) is 6.43. The first-order valence-electron chi connectivity index (χ1n) is 5.29. The Morgan fingerprint density at radius 1 is 1.40 bits per heavy atom. The maximum absolute atomic E-state index is 8.68. The SMILES string of the molecule is CCc1ccc(OC)c(CNCCO)c1. The Hall–Kier alpha value is -1.06. The van der Waals surface area contributed by atoms with E-state index < -0.39 is 0 Å². The van der Waals surface area contributed by atoms with Crippen LogP contribution in [0.2, 0.25) is 0 Å². The zero-order valence-electron chi connectivity index (χ0n) is 9.42. The Labute approximate surface area is 91.1 Å². The van der Waals surface area contributed by atoms with Crippen molar-refractivity contribution in [2.45, 2.75) is 19.9 Å². The topological polar surface area (TPSA) is 41.5 Å². The lowest BCUT2D eigenvalue weighted by Gasteiger charge is -2.10. The molecule has 0 aliphatic heterocycles. The largest absolute Gasteiger partial charge is 0.496 e. The van der Waals surface area contributed by atoms with E-state index >= 15 is 0 Å². The Kier molecular flexibility index (Phi) is 5.15. The molecule has 0 heterocycles. The minimum Gasteiger partial charge on any atom is -0.496 e. The summed E-state index contributed by atoms with van der Waals surface area (Å²) in [6.45, 7) is 3.64. The number of nitrogens with one attached hydrogen (secondary N) is 1. The summed E-state index contributed by atoms with van der Waals surface area (Å²) in [5.74, 6) is 0.901. The van der Waals surface area contributed by atoms with Crippen molar-refractivity contribution in [1.82, 2.24) is 5.32 Å². The number of rotatable bonds is 6. The molecule has 1 aromatic rings. The average molecular weight is 209 g/mol. The van der Waals surface area contributed by atoms with Gasteiger partial charge in [0.2, 0.25) is 0 Å². The molecule has 1 rings (SSSR count). The van der Waals surface area contributed by atoms with Crippen LogP contribution in [0.25, 0.3) is 0 Å². The van der Waals surface area contributed by atoms with Crippen LogP contribution in [0.5, 0.6) is 5.75 Å². The van der Waals surface area contributed by atoms with Crippen LogP contribution in [0.1, 0.15) is 18.1 Å². The van der Waals surface area contributed by atoms with Crippen molar-refractivity contribution >= 4 is 0 Å². The minimum atomic E-state index is 0.162. The van der Waals surface area contributed by atoms with E-state index in [-0.39, 0.29) is 6.61 Å². The van der Waals surface area contributed by atoms with E-state index in [0.29, 0.717) is 6.54 Å². The summed E-state index contributed by atoms with van der Waals surface area (Å²) in [7, 11) is 1.68. The van der Waals surface area contributed by atoms with Crippen LogP contribution in [-0.2, 0) is 13.0 Å². The summed E-state index contributed by atoms with van der Waals surface area (Å²) in [6.07, 6.45) is 1.02. The van der Waals surface area contributed by atoms with Gasteiger partial charge in [0.25, 0.3) is 0 Å². The Balaban J connectivity index is 2.72. The number of methoxy groups -OCH3 is 1. The van der Waals surface area contributed by atoms with Crippen LogP contribution in [0.4, 0.5) is 0 Å². The maximum atomic E-state index is 8.68. The quantitative estimate of drug-likeness (QED) is 0.695. The lowest BCUT2D eigenvalue weighted by atomic mass is 10.1.